The first-order chi connectivity index (χ1) is 8.59. The quantitative estimate of drug-likeness (QED) is 0.874. The molecule has 0 aromatic carbocycles. The number of nitrogens with two attached hydrogens (primary N) is 1. The van der Waals surface area contributed by atoms with Gasteiger partial charge in [-0.2, -0.15) is 5.10 Å². The maximum absolute atomic E-state index is 6.50. The lowest BCUT2D eigenvalue weighted by Crippen LogP contribution is -2.41. The third kappa shape index (κ3) is 2.44. The average molecular weight is 250 g/mol. The summed E-state index contributed by atoms with van der Waals surface area (Å²) in [5.41, 5.74) is 6.84. The van der Waals surface area contributed by atoms with Crippen LogP contribution in [0.5, 0.6) is 0 Å². The number of hydrogen-bond donors (Lipinski definition) is 1. The van der Waals surface area contributed by atoms with Crippen molar-refractivity contribution in [2.24, 2.45) is 11.1 Å². The van der Waals surface area contributed by atoms with Gasteiger partial charge in [0, 0.05) is 18.5 Å². The molecule has 2 N–H and O–H groups in total. The van der Waals surface area contributed by atoms with Crippen LogP contribution in [0.3, 0.4) is 0 Å². The van der Waals surface area contributed by atoms with Gasteiger partial charge >= 0.3 is 0 Å². The number of rotatable bonds is 5. The van der Waals surface area contributed by atoms with Crippen LogP contribution in [0.25, 0.3) is 0 Å². The summed E-state index contributed by atoms with van der Waals surface area (Å²) in [6.07, 6.45) is 8.91. The maximum Gasteiger partial charge on any atom is 0.138 e. The predicted octanol–water partition coefficient (Wildman–Crippen LogP) is 2.70. The van der Waals surface area contributed by atoms with Gasteiger partial charge in [-0.05, 0) is 38.5 Å². The Hall–Kier alpha value is -0.900. The molecule has 18 heavy (non-hydrogen) atoms. The van der Waals surface area contributed by atoms with Crippen molar-refractivity contribution in [2.75, 3.05) is 0 Å². The first-order valence-corrected chi connectivity index (χ1v) is 7.23. The second kappa shape index (κ2) is 5.39. The van der Waals surface area contributed by atoms with Crippen molar-refractivity contribution in [1.29, 1.82) is 0 Å². The van der Waals surface area contributed by atoms with Crippen LogP contribution in [-0.2, 0) is 6.42 Å². The Labute approximate surface area is 110 Å². The molecule has 2 rings (SSSR count). The fourth-order valence-electron chi connectivity index (χ4n) is 3.33. The van der Waals surface area contributed by atoms with E-state index in [2.05, 4.69) is 30.9 Å². The lowest BCUT2D eigenvalue weighted by molar-refractivity contribution is 0.214. The predicted molar refractivity (Wildman–Crippen MR) is 73.3 cm³/mol. The minimum absolute atomic E-state index is 0.215. The Morgan fingerprint density at radius 2 is 2.06 bits per heavy atom. The molecular weight excluding hydrogens is 224 g/mol. The Morgan fingerprint density at radius 3 is 2.61 bits per heavy atom. The van der Waals surface area contributed by atoms with Crippen molar-refractivity contribution in [2.45, 2.75) is 71.4 Å². The molecule has 0 aliphatic heterocycles. The van der Waals surface area contributed by atoms with Gasteiger partial charge in [-0.3, -0.25) is 0 Å². The van der Waals surface area contributed by atoms with E-state index in [1.54, 1.807) is 6.33 Å². The molecule has 1 fully saturated rings. The molecule has 0 spiro atoms. The SMILES string of the molecule is CCC1(C(N)Cc2ncnn2C(C)C)CCCC1. The van der Waals surface area contributed by atoms with Crippen molar-refractivity contribution >= 4 is 0 Å². The number of nitrogens with zero attached hydrogens (tertiary/aromatic N) is 3. The zero-order valence-corrected chi connectivity index (χ0v) is 11.9. The molecule has 1 aliphatic rings. The van der Waals surface area contributed by atoms with E-state index >= 15 is 0 Å². The van der Waals surface area contributed by atoms with Crippen molar-refractivity contribution in [3.8, 4) is 0 Å². The topological polar surface area (TPSA) is 56.7 Å². The van der Waals surface area contributed by atoms with Crippen molar-refractivity contribution < 1.29 is 0 Å². The first kappa shape index (κ1) is 13.5. The van der Waals surface area contributed by atoms with E-state index in [0.717, 1.165) is 12.2 Å². The molecule has 1 atom stereocenters. The highest BCUT2D eigenvalue weighted by molar-refractivity contribution is 4.99. The summed E-state index contributed by atoms with van der Waals surface area (Å²) >= 11 is 0. The van der Waals surface area contributed by atoms with Crippen molar-refractivity contribution in [1.82, 2.24) is 14.8 Å². The molecule has 1 unspecified atom stereocenters. The van der Waals surface area contributed by atoms with E-state index in [0.29, 0.717) is 11.5 Å². The molecular formula is C14H26N4. The van der Waals surface area contributed by atoms with Crippen LogP contribution in [0.15, 0.2) is 6.33 Å². The van der Waals surface area contributed by atoms with E-state index in [-0.39, 0.29) is 6.04 Å². The highest BCUT2D eigenvalue weighted by Crippen LogP contribution is 2.43. The third-order valence-corrected chi connectivity index (χ3v) is 4.63. The Morgan fingerprint density at radius 1 is 1.39 bits per heavy atom. The summed E-state index contributed by atoms with van der Waals surface area (Å²) in [5, 5.41) is 4.29. The molecule has 1 heterocycles. The molecule has 1 saturated carbocycles. The molecule has 0 bridgehead atoms. The summed E-state index contributed by atoms with van der Waals surface area (Å²) < 4.78 is 2.00. The van der Waals surface area contributed by atoms with Crippen LogP contribution in [-0.4, -0.2) is 20.8 Å². The van der Waals surface area contributed by atoms with E-state index in [4.69, 9.17) is 5.73 Å². The monoisotopic (exact) mass is 250 g/mol. The number of aromatic nitrogens is 3. The van der Waals surface area contributed by atoms with E-state index in [1.165, 1.54) is 32.1 Å². The van der Waals surface area contributed by atoms with Gasteiger partial charge in [0.15, 0.2) is 0 Å². The highest BCUT2D eigenvalue weighted by atomic mass is 15.3. The van der Waals surface area contributed by atoms with E-state index < -0.39 is 0 Å². The second-order valence-electron chi connectivity index (χ2n) is 5.95. The molecule has 102 valence electrons. The molecule has 1 aromatic rings. The van der Waals surface area contributed by atoms with Crippen LogP contribution in [0.2, 0.25) is 0 Å². The summed E-state index contributed by atoms with van der Waals surface area (Å²) in [6.45, 7) is 6.54. The van der Waals surface area contributed by atoms with E-state index in [9.17, 15) is 0 Å². The summed E-state index contributed by atoms with van der Waals surface area (Å²) in [5.74, 6) is 1.04. The Kier molecular flexibility index (Phi) is 4.05. The lowest BCUT2D eigenvalue weighted by atomic mass is 9.75. The van der Waals surface area contributed by atoms with Crippen molar-refractivity contribution in [3.05, 3.63) is 12.2 Å². The summed E-state index contributed by atoms with van der Waals surface area (Å²) in [6, 6.07) is 0.572. The van der Waals surface area contributed by atoms with Gasteiger partial charge in [-0.1, -0.05) is 19.8 Å². The Bertz CT molecular complexity index is 377. The average Bonchev–Trinajstić information content (AvgIpc) is 2.97. The van der Waals surface area contributed by atoms with Crippen LogP contribution in [0.1, 0.15) is 64.7 Å². The van der Waals surface area contributed by atoms with Gasteiger partial charge in [0.2, 0.25) is 0 Å². The minimum atomic E-state index is 0.215. The normalized spacial score (nSPS) is 20.5. The van der Waals surface area contributed by atoms with Crippen LogP contribution in [0, 0.1) is 5.41 Å². The zero-order chi connectivity index (χ0) is 13.2. The molecule has 1 aliphatic carbocycles. The van der Waals surface area contributed by atoms with Crippen LogP contribution >= 0.6 is 0 Å². The third-order valence-electron chi connectivity index (χ3n) is 4.63. The smallest absolute Gasteiger partial charge is 0.138 e. The fourth-order valence-corrected chi connectivity index (χ4v) is 3.33. The van der Waals surface area contributed by atoms with Gasteiger partial charge in [-0.25, -0.2) is 9.67 Å². The van der Waals surface area contributed by atoms with Crippen molar-refractivity contribution in [3.63, 3.8) is 0 Å². The molecule has 0 radical (unpaired) electrons. The molecule has 1 aromatic heterocycles. The summed E-state index contributed by atoms with van der Waals surface area (Å²) in [7, 11) is 0. The molecule has 0 saturated heterocycles. The largest absolute Gasteiger partial charge is 0.327 e. The van der Waals surface area contributed by atoms with Gasteiger partial charge in [0.05, 0.1) is 0 Å². The molecule has 0 amide bonds. The van der Waals surface area contributed by atoms with Crippen LogP contribution < -0.4 is 5.73 Å². The van der Waals surface area contributed by atoms with E-state index in [1.807, 2.05) is 4.68 Å². The maximum atomic E-state index is 6.50. The Balaban J connectivity index is 2.10. The van der Waals surface area contributed by atoms with Gasteiger partial charge in [0.1, 0.15) is 12.2 Å². The second-order valence-corrected chi connectivity index (χ2v) is 5.95. The molecule has 4 heteroatoms. The highest BCUT2D eigenvalue weighted by Gasteiger charge is 2.38. The molecule has 4 nitrogen and oxygen atoms in total. The van der Waals surface area contributed by atoms with Gasteiger partial charge < -0.3 is 5.73 Å². The first-order valence-electron chi connectivity index (χ1n) is 7.23. The minimum Gasteiger partial charge on any atom is -0.327 e. The van der Waals surface area contributed by atoms with Gasteiger partial charge in [0.25, 0.3) is 0 Å². The number of hydrogen-bond acceptors (Lipinski definition) is 3. The zero-order valence-electron chi connectivity index (χ0n) is 11.9. The summed E-state index contributed by atoms with van der Waals surface area (Å²) in [4.78, 5) is 4.39. The fraction of sp³-hybridized carbons (Fsp3) is 0.857. The van der Waals surface area contributed by atoms with Gasteiger partial charge in [-0.15, -0.1) is 0 Å². The standard InChI is InChI=1S/C14H26N4/c1-4-14(7-5-6-8-14)12(15)9-13-16-10-17-18(13)11(2)3/h10-12H,4-9,15H2,1-3H3. The lowest BCUT2D eigenvalue weighted by Gasteiger charge is -2.34. The van der Waals surface area contributed by atoms with Crippen LogP contribution in [0.4, 0.5) is 0 Å².